The van der Waals surface area contributed by atoms with Crippen LogP contribution in [0.3, 0.4) is 0 Å². The van der Waals surface area contributed by atoms with E-state index in [1.165, 1.54) is 0 Å². The third-order valence-corrected chi connectivity index (χ3v) is 6.86. The minimum absolute atomic E-state index is 0.188. The van der Waals surface area contributed by atoms with Crippen LogP contribution >= 0.6 is 11.6 Å². The van der Waals surface area contributed by atoms with Gasteiger partial charge in [-0.1, -0.05) is 54.1 Å². The second kappa shape index (κ2) is 10.7. The van der Waals surface area contributed by atoms with Crippen LogP contribution in [0.4, 0.5) is 5.82 Å². The third kappa shape index (κ3) is 5.63. The lowest BCUT2D eigenvalue weighted by Crippen LogP contribution is -2.18. The maximum Gasteiger partial charge on any atom is 0.222 e. The van der Waals surface area contributed by atoms with Crippen molar-refractivity contribution in [3.8, 4) is 22.5 Å². The van der Waals surface area contributed by atoms with Crippen LogP contribution < -0.4 is 5.73 Å². The number of hydrogen-bond donors (Lipinski definition) is 2. The topological polar surface area (TPSA) is 137 Å². The quantitative estimate of drug-likeness (QED) is 0.247. The van der Waals surface area contributed by atoms with Gasteiger partial charge >= 0.3 is 0 Å². The van der Waals surface area contributed by atoms with E-state index >= 15 is 0 Å². The van der Waals surface area contributed by atoms with Crippen molar-refractivity contribution in [1.29, 1.82) is 0 Å². The summed E-state index contributed by atoms with van der Waals surface area (Å²) >= 11 is 6.63. The normalized spacial score (nSPS) is 11.7. The molecular weight excluding hydrogens is 538 g/mol. The Balaban J connectivity index is 1.36. The van der Waals surface area contributed by atoms with Crippen LogP contribution in [0.5, 0.6) is 0 Å². The zero-order valence-corrected chi connectivity index (χ0v) is 23.2. The summed E-state index contributed by atoms with van der Waals surface area (Å²) in [5.74, 6) is 1.00. The molecule has 0 aliphatic heterocycles. The van der Waals surface area contributed by atoms with Gasteiger partial charge in [-0.25, -0.2) is 9.97 Å². The molecule has 0 aliphatic rings. The van der Waals surface area contributed by atoms with Gasteiger partial charge in [-0.2, -0.15) is 0 Å². The molecule has 9 nitrogen and oxygen atoms in total. The van der Waals surface area contributed by atoms with Gasteiger partial charge in [0.1, 0.15) is 11.4 Å². The minimum Gasteiger partial charge on any atom is -0.424 e. The van der Waals surface area contributed by atoms with E-state index in [0.717, 1.165) is 16.5 Å². The Labute approximate surface area is 241 Å². The molecule has 0 spiro atoms. The Morgan fingerprint density at radius 3 is 2.37 bits per heavy atom. The predicted octanol–water partition coefficient (Wildman–Crippen LogP) is 5.78. The fourth-order valence-electron chi connectivity index (χ4n) is 4.54. The van der Waals surface area contributed by atoms with Crippen molar-refractivity contribution < 1.29 is 9.52 Å². The molecule has 6 aromatic rings. The molecule has 4 aromatic heterocycles. The van der Waals surface area contributed by atoms with E-state index in [1.807, 2.05) is 66.7 Å². The van der Waals surface area contributed by atoms with E-state index in [9.17, 15) is 5.11 Å². The molecule has 204 valence electrons. The molecule has 0 atom stereocenters. The number of aromatic nitrogens is 6. The average Bonchev–Trinajstić information content (AvgIpc) is 3.40. The highest BCUT2D eigenvalue weighted by molar-refractivity contribution is 6.35. The molecule has 0 radical (unpaired) electrons. The van der Waals surface area contributed by atoms with E-state index in [2.05, 4.69) is 20.2 Å². The van der Waals surface area contributed by atoms with E-state index < -0.39 is 5.60 Å². The highest BCUT2D eigenvalue weighted by atomic mass is 35.5. The Morgan fingerprint density at radius 2 is 1.59 bits per heavy atom. The maximum absolute atomic E-state index is 10.3. The Hall–Kier alpha value is -4.73. The highest BCUT2D eigenvalue weighted by Gasteiger charge is 2.21. The second-order valence-electron chi connectivity index (χ2n) is 10.2. The van der Waals surface area contributed by atoms with Gasteiger partial charge in [0.25, 0.3) is 0 Å². The summed E-state index contributed by atoms with van der Waals surface area (Å²) < 4.78 is 5.93. The largest absolute Gasteiger partial charge is 0.424 e. The van der Waals surface area contributed by atoms with Crippen molar-refractivity contribution in [2.24, 2.45) is 0 Å². The number of aliphatic hydroxyl groups is 1. The Kier molecular flexibility index (Phi) is 6.90. The van der Waals surface area contributed by atoms with Crippen LogP contribution in [0.15, 0.2) is 83.4 Å². The number of benzene rings is 2. The molecule has 2 aromatic carbocycles. The van der Waals surface area contributed by atoms with Crippen molar-refractivity contribution in [2.75, 3.05) is 5.73 Å². The molecule has 0 amide bonds. The number of fused-ring (bicyclic) bond motifs is 1. The molecule has 4 heterocycles. The molecule has 41 heavy (non-hydrogen) atoms. The van der Waals surface area contributed by atoms with Crippen LogP contribution in [0.2, 0.25) is 5.02 Å². The van der Waals surface area contributed by atoms with Gasteiger partial charge in [0.2, 0.25) is 11.8 Å². The fourth-order valence-corrected chi connectivity index (χ4v) is 4.82. The van der Waals surface area contributed by atoms with E-state index in [4.69, 9.17) is 31.7 Å². The first-order valence-corrected chi connectivity index (χ1v) is 13.4. The summed E-state index contributed by atoms with van der Waals surface area (Å²) in [5.41, 5.74) is 10.8. The Bertz CT molecular complexity index is 1870. The number of nitrogens with zero attached hydrogens (tertiary/aromatic N) is 6. The predicted molar refractivity (Wildman–Crippen MR) is 157 cm³/mol. The SMILES string of the molecule is CC(C)(O)c1cccc(Cc2nnc(Cc3nc(-c4cc(Cl)c5ncccc5c4)c(-c4ccccc4)nc3N)o2)n1. The lowest BCUT2D eigenvalue weighted by molar-refractivity contribution is 0.0736. The summed E-state index contributed by atoms with van der Waals surface area (Å²) in [5, 5.41) is 20.1. The lowest BCUT2D eigenvalue weighted by Gasteiger charge is -2.16. The third-order valence-electron chi connectivity index (χ3n) is 6.57. The van der Waals surface area contributed by atoms with Gasteiger partial charge in [0.15, 0.2) is 0 Å². The molecule has 0 saturated carbocycles. The molecule has 10 heteroatoms. The van der Waals surface area contributed by atoms with Crippen LogP contribution in [0.1, 0.15) is 42.7 Å². The summed E-state index contributed by atoms with van der Waals surface area (Å²) in [4.78, 5) is 18.6. The molecule has 0 unspecified atom stereocenters. The van der Waals surface area contributed by atoms with E-state index in [0.29, 0.717) is 57.2 Å². The first-order chi connectivity index (χ1) is 19.7. The molecular formula is C31H26ClN7O2. The zero-order valence-electron chi connectivity index (χ0n) is 22.4. The van der Waals surface area contributed by atoms with Crippen molar-refractivity contribution in [3.05, 3.63) is 113 Å². The standard InChI is InChI=1S/C31H26ClN7O2/c1-31(2,40)24-12-6-11-21(35-24)16-25-38-39-26(41-25)17-23-30(33)37-28(18-8-4-3-5-9-18)29(36-23)20-14-19-10-7-13-34-27(19)22(32)15-20/h3-15,40H,16-17H2,1-2H3,(H2,33,37). The van der Waals surface area contributed by atoms with Crippen molar-refractivity contribution in [1.82, 2.24) is 30.1 Å². The summed E-state index contributed by atoms with van der Waals surface area (Å²) in [7, 11) is 0. The lowest BCUT2D eigenvalue weighted by atomic mass is 10.0. The first-order valence-electron chi connectivity index (χ1n) is 13.0. The number of rotatable bonds is 7. The molecule has 0 aliphatic carbocycles. The van der Waals surface area contributed by atoms with Gasteiger partial charge in [-0.05, 0) is 44.2 Å². The highest BCUT2D eigenvalue weighted by Crippen LogP contribution is 2.35. The molecule has 0 saturated heterocycles. The molecule has 3 N–H and O–H groups in total. The minimum atomic E-state index is -1.05. The van der Waals surface area contributed by atoms with Gasteiger partial charge in [-0.15, -0.1) is 10.2 Å². The Morgan fingerprint density at radius 1 is 0.829 bits per heavy atom. The summed E-state index contributed by atoms with van der Waals surface area (Å²) in [6, 6.07) is 22.9. The number of nitrogen functional groups attached to an aromatic ring is 1. The van der Waals surface area contributed by atoms with Crippen LogP contribution in [-0.4, -0.2) is 35.2 Å². The first kappa shape index (κ1) is 26.5. The molecule has 0 bridgehead atoms. The smallest absolute Gasteiger partial charge is 0.222 e. The molecule has 6 rings (SSSR count). The van der Waals surface area contributed by atoms with Gasteiger partial charge in [0.05, 0.1) is 51.9 Å². The maximum atomic E-state index is 10.3. The van der Waals surface area contributed by atoms with E-state index in [-0.39, 0.29) is 12.2 Å². The zero-order chi connectivity index (χ0) is 28.6. The number of anilines is 1. The average molecular weight is 564 g/mol. The van der Waals surface area contributed by atoms with Gasteiger partial charge in [0, 0.05) is 22.7 Å². The van der Waals surface area contributed by atoms with Crippen molar-refractivity contribution >= 4 is 28.3 Å². The fraction of sp³-hybridized carbons (Fsp3) is 0.161. The molecule has 0 fully saturated rings. The van der Waals surface area contributed by atoms with Gasteiger partial charge < -0.3 is 15.3 Å². The van der Waals surface area contributed by atoms with Crippen LogP contribution in [-0.2, 0) is 18.4 Å². The monoisotopic (exact) mass is 563 g/mol. The number of pyridine rings is 2. The second-order valence-corrected chi connectivity index (χ2v) is 10.6. The van der Waals surface area contributed by atoms with Crippen molar-refractivity contribution in [3.63, 3.8) is 0 Å². The number of halogens is 1. The summed E-state index contributed by atoms with van der Waals surface area (Å²) in [6.07, 6.45) is 2.22. The number of nitrogens with two attached hydrogens (primary N) is 1. The number of hydrogen-bond acceptors (Lipinski definition) is 9. The van der Waals surface area contributed by atoms with E-state index in [1.54, 1.807) is 26.1 Å². The van der Waals surface area contributed by atoms with Crippen LogP contribution in [0, 0.1) is 0 Å². The van der Waals surface area contributed by atoms with Gasteiger partial charge in [-0.3, -0.25) is 9.97 Å². The summed E-state index contributed by atoms with van der Waals surface area (Å²) in [6.45, 7) is 3.38. The van der Waals surface area contributed by atoms with Crippen molar-refractivity contribution in [2.45, 2.75) is 32.3 Å². The van der Waals surface area contributed by atoms with Crippen LogP contribution in [0.25, 0.3) is 33.4 Å².